The Balaban J connectivity index is 1.61. The number of hydrogen-bond donors (Lipinski definition) is 3. The largest absolute Gasteiger partial charge is 0.378 e. The molecule has 8 nitrogen and oxygen atoms in total. The summed E-state index contributed by atoms with van der Waals surface area (Å²) in [6, 6.07) is 21.3. The van der Waals surface area contributed by atoms with Gasteiger partial charge in [0.25, 0.3) is 5.91 Å². The first-order valence-electron chi connectivity index (χ1n) is 10.2. The molecule has 3 amide bonds. The number of hydrogen-bond acceptors (Lipinski definition) is 5. The summed E-state index contributed by atoms with van der Waals surface area (Å²) < 4.78 is 0. The van der Waals surface area contributed by atoms with Crippen LogP contribution in [0, 0.1) is 6.92 Å². The topological polar surface area (TPSA) is 103 Å². The normalized spacial score (nSPS) is 10.5. The van der Waals surface area contributed by atoms with Gasteiger partial charge in [0.15, 0.2) is 0 Å². The predicted molar refractivity (Wildman–Crippen MR) is 131 cm³/mol. The number of nitrogens with one attached hydrogen (secondary N) is 3. The van der Waals surface area contributed by atoms with Crippen molar-refractivity contribution in [2.24, 2.45) is 5.10 Å². The molecule has 0 aliphatic rings. The van der Waals surface area contributed by atoms with Gasteiger partial charge in [-0.3, -0.25) is 14.4 Å². The van der Waals surface area contributed by atoms with Crippen molar-refractivity contribution < 1.29 is 14.4 Å². The van der Waals surface area contributed by atoms with E-state index in [2.05, 4.69) is 21.2 Å². The zero-order valence-electron chi connectivity index (χ0n) is 18.6. The Hall–Kier alpha value is -4.46. The summed E-state index contributed by atoms with van der Waals surface area (Å²) >= 11 is 0. The standard InChI is InChI=1S/C25H25N5O3/c1-17-7-6-8-19(15-17)27-23(31)21-9-4-5-10-22(21)28-24(32)25(33)29-26-16-18-11-13-20(14-12-18)30(2)3/h4-16H,1-3H3,(H,27,31)(H,28,32)(H,29,33). The van der Waals surface area contributed by atoms with Crippen LogP contribution < -0.4 is 21.0 Å². The molecule has 0 heterocycles. The molecule has 3 aromatic carbocycles. The van der Waals surface area contributed by atoms with E-state index in [9.17, 15) is 14.4 Å². The number of benzene rings is 3. The third-order valence-corrected chi connectivity index (χ3v) is 4.69. The molecule has 0 unspecified atom stereocenters. The van der Waals surface area contributed by atoms with E-state index in [4.69, 9.17) is 0 Å². The Bertz CT molecular complexity index is 1190. The molecule has 0 aromatic heterocycles. The Morgan fingerprint density at radius 2 is 1.58 bits per heavy atom. The Morgan fingerprint density at radius 1 is 0.848 bits per heavy atom. The number of para-hydroxylation sites is 1. The maximum atomic E-state index is 12.7. The molecule has 3 aromatic rings. The minimum absolute atomic E-state index is 0.214. The summed E-state index contributed by atoms with van der Waals surface area (Å²) in [7, 11) is 3.87. The third-order valence-electron chi connectivity index (χ3n) is 4.69. The Kier molecular flexibility index (Phi) is 7.54. The second kappa shape index (κ2) is 10.7. The first kappa shape index (κ1) is 23.2. The van der Waals surface area contributed by atoms with Crippen molar-refractivity contribution in [2.45, 2.75) is 6.92 Å². The van der Waals surface area contributed by atoms with Crippen molar-refractivity contribution >= 4 is 41.0 Å². The van der Waals surface area contributed by atoms with Crippen molar-refractivity contribution in [3.63, 3.8) is 0 Å². The van der Waals surface area contributed by atoms with E-state index in [1.165, 1.54) is 6.21 Å². The summed E-state index contributed by atoms with van der Waals surface area (Å²) in [5.41, 5.74) is 6.05. The van der Waals surface area contributed by atoms with Crippen molar-refractivity contribution in [3.8, 4) is 0 Å². The number of rotatable bonds is 6. The van der Waals surface area contributed by atoms with Crippen molar-refractivity contribution in [1.29, 1.82) is 0 Å². The predicted octanol–water partition coefficient (Wildman–Crippen LogP) is 3.40. The number of anilines is 3. The molecule has 0 aliphatic heterocycles. The Morgan fingerprint density at radius 3 is 2.27 bits per heavy atom. The molecule has 8 heteroatoms. The van der Waals surface area contributed by atoms with E-state index in [1.54, 1.807) is 30.3 Å². The molecule has 0 spiro atoms. The van der Waals surface area contributed by atoms with Crippen LogP contribution in [-0.2, 0) is 9.59 Å². The van der Waals surface area contributed by atoms with Gasteiger partial charge in [0.2, 0.25) is 0 Å². The molecule has 0 aliphatic carbocycles. The van der Waals surface area contributed by atoms with Crippen LogP contribution in [0.5, 0.6) is 0 Å². The van der Waals surface area contributed by atoms with Gasteiger partial charge in [0.05, 0.1) is 17.5 Å². The minimum Gasteiger partial charge on any atom is -0.378 e. The van der Waals surface area contributed by atoms with Gasteiger partial charge in [-0.2, -0.15) is 5.10 Å². The van der Waals surface area contributed by atoms with Crippen LogP contribution in [0.4, 0.5) is 17.1 Å². The number of amides is 3. The van der Waals surface area contributed by atoms with Gasteiger partial charge in [-0.1, -0.05) is 36.4 Å². The first-order valence-corrected chi connectivity index (χ1v) is 10.2. The highest BCUT2D eigenvalue weighted by Crippen LogP contribution is 2.18. The van der Waals surface area contributed by atoms with Gasteiger partial charge in [0.1, 0.15) is 0 Å². The van der Waals surface area contributed by atoms with Crippen LogP contribution >= 0.6 is 0 Å². The van der Waals surface area contributed by atoms with Crippen molar-refractivity contribution in [3.05, 3.63) is 89.5 Å². The number of nitrogens with zero attached hydrogens (tertiary/aromatic N) is 2. The molecule has 3 rings (SSSR count). The van der Waals surface area contributed by atoms with Crippen molar-refractivity contribution in [1.82, 2.24) is 5.43 Å². The van der Waals surface area contributed by atoms with E-state index < -0.39 is 17.7 Å². The summed E-state index contributed by atoms with van der Waals surface area (Å²) in [4.78, 5) is 39.1. The number of aryl methyl sites for hydroxylation is 1. The minimum atomic E-state index is -0.954. The van der Waals surface area contributed by atoms with Gasteiger partial charge >= 0.3 is 11.8 Å². The lowest BCUT2D eigenvalue weighted by Crippen LogP contribution is -2.33. The number of hydrazone groups is 1. The van der Waals surface area contributed by atoms with Gasteiger partial charge < -0.3 is 15.5 Å². The maximum Gasteiger partial charge on any atom is 0.329 e. The molecule has 0 bridgehead atoms. The average Bonchev–Trinajstić information content (AvgIpc) is 2.79. The lowest BCUT2D eigenvalue weighted by molar-refractivity contribution is -0.136. The van der Waals surface area contributed by atoms with Crippen LogP contribution in [-0.4, -0.2) is 38.0 Å². The van der Waals surface area contributed by atoms with E-state index in [0.717, 1.165) is 16.8 Å². The molecule has 3 N–H and O–H groups in total. The third kappa shape index (κ3) is 6.51. The van der Waals surface area contributed by atoms with Crippen LogP contribution in [0.3, 0.4) is 0 Å². The molecular formula is C25H25N5O3. The molecule has 0 atom stereocenters. The fraction of sp³-hybridized carbons (Fsp3) is 0.120. The quantitative estimate of drug-likeness (QED) is 0.309. The van der Waals surface area contributed by atoms with Gasteiger partial charge in [-0.15, -0.1) is 0 Å². The molecule has 0 saturated carbocycles. The molecule has 33 heavy (non-hydrogen) atoms. The van der Waals surface area contributed by atoms with E-state index in [-0.39, 0.29) is 11.3 Å². The first-order chi connectivity index (χ1) is 15.8. The van der Waals surface area contributed by atoms with Gasteiger partial charge in [-0.25, -0.2) is 5.43 Å². The molecule has 0 fully saturated rings. The lowest BCUT2D eigenvalue weighted by Gasteiger charge is -2.11. The smallest absolute Gasteiger partial charge is 0.329 e. The number of carbonyl (C=O) groups excluding carboxylic acids is 3. The van der Waals surface area contributed by atoms with Crippen LogP contribution in [0.25, 0.3) is 0 Å². The summed E-state index contributed by atoms with van der Waals surface area (Å²) in [6.07, 6.45) is 1.44. The average molecular weight is 444 g/mol. The SMILES string of the molecule is Cc1cccc(NC(=O)c2ccccc2NC(=O)C(=O)NN=Cc2ccc(N(C)C)cc2)c1. The second-order valence-corrected chi connectivity index (χ2v) is 7.51. The lowest BCUT2D eigenvalue weighted by atomic mass is 10.1. The van der Waals surface area contributed by atoms with Gasteiger partial charge in [0, 0.05) is 25.5 Å². The number of carbonyl (C=O) groups is 3. The molecular weight excluding hydrogens is 418 g/mol. The highest BCUT2D eigenvalue weighted by Gasteiger charge is 2.17. The molecule has 0 radical (unpaired) electrons. The summed E-state index contributed by atoms with van der Waals surface area (Å²) in [6.45, 7) is 1.92. The van der Waals surface area contributed by atoms with E-state index in [0.29, 0.717) is 5.69 Å². The summed E-state index contributed by atoms with van der Waals surface area (Å²) in [5, 5.41) is 9.08. The van der Waals surface area contributed by atoms with Crippen LogP contribution in [0.15, 0.2) is 77.9 Å². The zero-order chi connectivity index (χ0) is 23.8. The fourth-order valence-electron chi connectivity index (χ4n) is 2.97. The molecule has 0 saturated heterocycles. The van der Waals surface area contributed by atoms with E-state index >= 15 is 0 Å². The van der Waals surface area contributed by atoms with E-state index in [1.807, 2.05) is 68.4 Å². The highest BCUT2D eigenvalue weighted by atomic mass is 16.2. The highest BCUT2D eigenvalue weighted by molar-refractivity contribution is 6.40. The fourth-order valence-corrected chi connectivity index (χ4v) is 2.97. The Labute approximate surface area is 192 Å². The van der Waals surface area contributed by atoms with Crippen LogP contribution in [0.2, 0.25) is 0 Å². The molecule has 168 valence electrons. The second-order valence-electron chi connectivity index (χ2n) is 7.51. The van der Waals surface area contributed by atoms with Gasteiger partial charge in [-0.05, 0) is 54.4 Å². The summed E-state index contributed by atoms with van der Waals surface area (Å²) in [5.74, 6) is -2.30. The zero-order valence-corrected chi connectivity index (χ0v) is 18.6. The maximum absolute atomic E-state index is 12.7. The van der Waals surface area contributed by atoms with Crippen LogP contribution in [0.1, 0.15) is 21.5 Å². The monoisotopic (exact) mass is 443 g/mol. The van der Waals surface area contributed by atoms with Crippen molar-refractivity contribution in [2.75, 3.05) is 29.6 Å².